The quantitative estimate of drug-likeness (QED) is 0.711. The van der Waals surface area contributed by atoms with Crippen LogP contribution in [0, 0.1) is 22.2 Å². The molecule has 0 aliphatic heterocycles. The highest BCUT2D eigenvalue weighted by atomic mass is 32.2. The number of hydrogen-bond acceptors (Lipinski definition) is 3. The molecule has 3 atom stereocenters. The average molecular weight is 444 g/mol. The highest BCUT2D eigenvalue weighted by Gasteiger charge is 2.62. The van der Waals surface area contributed by atoms with Crippen molar-refractivity contribution in [3.05, 3.63) is 29.8 Å². The van der Waals surface area contributed by atoms with Crippen LogP contribution < -0.4 is 5.32 Å². The summed E-state index contributed by atoms with van der Waals surface area (Å²) in [6, 6.07) is 7.83. The third-order valence-electron chi connectivity index (χ3n) is 10.7. The lowest BCUT2D eigenvalue weighted by molar-refractivity contribution is -0.139. The van der Waals surface area contributed by atoms with Gasteiger partial charge in [-0.25, -0.2) is 8.42 Å². The summed E-state index contributed by atoms with van der Waals surface area (Å²) in [5, 5.41) is 3.56. The first-order valence-corrected chi connectivity index (χ1v) is 13.9. The van der Waals surface area contributed by atoms with Crippen LogP contribution in [0.4, 0.5) is 0 Å². The van der Waals surface area contributed by atoms with Crippen molar-refractivity contribution in [1.29, 1.82) is 0 Å². The van der Waals surface area contributed by atoms with Crippen molar-refractivity contribution in [2.75, 3.05) is 6.26 Å². The number of carbonyl (C=O) groups is 1. The largest absolute Gasteiger partial charge is 0.352 e. The Balaban J connectivity index is 1.29. The number of hydrogen-bond donors (Lipinski definition) is 1. The highest BCUT2D eigenvalue weighted by molar-refractivity contribution is 7.90. The lowest BCUT2D eigenvalue weighted by Gasteiger charge is -2.53. The Bertz CT molecular complexity index is 985. The predicted octanol–water partition coefficient (Wildman–Crippen LogP) is 5.01. The summed E-state index contributed by atoms with van der Waals surface area (Å²) in [4.78, 5) is 14.0. The van der Waals surface area contributed by atoms with Crippen LogP contribution in [0.3, 0.4) is 0 Å². The van der Waals surface area contributed by atoms with E-state index in [-0.39, 0.29) is 16.2 Å². The Morgan fingerprint density at radius 1 is 0.935 bits per heavy atom. The van der Waals surface area contributed by atoms with Gasteiger partial charge in [0, 0.05) is 17.7 Å². The van der Waals surface area contributed by atoms with Crippen LogP contribution in [0.15, 0.2) is 29.2 Å². The summed E-state index contributed by atoms with van der Waals surface area (Å²) in [5.41, 5.74) is 1.69. The molecule has 0 radical (unpaired) electrons. The summed E-state index contributed by atoms with van der Waals surface area (Å²) in [6.45, 7) is 7.20. The van der Waals surface area contributed by atoms with Crippen LogP contribution in [0.25, 0.3) is 0 Å². The molecule has 0 heterocycles. The van der Waals surface area contributed by atoms with Gasteiger partial charge in [0.15, 0.2) is 9.84 Å². The molecule has 0 unspecified atom stereocenters. The molecule has 5 fully saturated rings. The van der Waals surface area contributed by atoms with E-state index in [0.717, 1.165) is 50.9 Å². The molecule has 5 aliphatic rings. The first-order chi connectivity index (χ1) is 14.4. The molecule has 1 amide bonds. The summed E-state index contributed by atoms with van der Waals surface area (Å²) in [6.07, 6.45) is 10.8. The fourth-order valence-corrected chi connectivity index (χ4v) is 8.38. The summed E-state index contributed by atoms with van der Waals surface area (Å²) in [7, 11) is -3.17. The van der Waals surface area contributed by atoms with E-state index in [1.807, 2.05) is 12.1 Å². The first-order valence-electron chi connectivity index (χ1n) is 12.0. The molecule has 1 aromatic carbocycles. The maximum absolute atomic E-state index is 13.6. The zero-order valence-electron chi connectivity index (χ0n) is 19.5. The molecule has 0 saturated heterocycles. The van der Waals surface area contributed by atoms with Crippen LogP contribution in [-0.4, -0.2) is 26.6 Å². The fraction of sp³-hybridized carbons (Fsp3) is 0.731. The Morgan fingerprint density at radius 3 is 1.97 bits per heavy atom. The molecule has 1 N–H and O–H groups in total. The second kappa shape index (κ2) is 6.59. The first kappa shape index (κ1) is 21.5. The van der Waals surface area contributed by atoms with Gasteiger partial charge >= 0.3 is 0 Å². The Hall–Kier alpha value is -1.36. The van der Waals surface area contributed by atoms with Crippen molar-refractivity contribution in [3.8, 4) is 0 Å². The molecule has 31 heavy (non-hydrogen) atoms. The van der Waals surface area contributed by atoms with Gasteiger partial charge in [-0.3, -0.25) is 4.79 Å². The van der Waals surface area contributed by atoms with E-state index in [9.17, 15) is 13.2 Å². The minimum atomic E-state index is -3.17. The van der Waals surface area contributed by atoms with Crippen molar-refractivity contribution in [1.82, 2.24) is 5.32 Å². The van der Waals surface area contributed by atoms with E-state index in [1.165, 1.54) is 24.7 Å². The standard InChI is InChI=1S/C26H37NO3S/c1-23(2)19-9-10-24(23,3)21(17-19)27-22(28)26-14-11-25(12-15-26,13-16-26)18-5-7-20(8-6-18)31(4,29)30/h5-8,19,21H,9-17H2,1-4H3,(H,27,28)/t19-,21+,24+,25?,26?/m0/s1. The Kier molecular flexibility index (Phi) is 4.56. The van der Waals surface area contributed by atoms with E-state index < -0.39 is 9.84 Å². The fourth-order valence-electron chi connectivity index (χ4n) is 7.75. The van der Waals surface area contributed by atoms with Crippen LogP contribution in [0.1, 0.15) is 84.1 Å². The third kappa shape index (κ3) is 2.98. The molecule has 5 saturated carbocycles. The molecule has 1 aromatic rings. The van der Waals surface area contributed by atoms with Crippen LogP contribution in [0.2, 0.25) is 0 Å². The number of carbonyl (C=O) groups excluding carboxylic acids is 1. The number of sulfone groups is 1. The van der Waals surface area contributed by atoms with Crippen molar-refractivity contribution in [2.45, 2.75) is 94.9 Å². The van der Waals surface area contributed by atoms with E-state index in [1.54, 1.807) is 12.1 Å². The van der Waals surface area contributed by atoms with Crippen LogP contribution in [-0.2, 0) is 20.0 Å². The van der Waals surface area contributed by atoms with Gasteiger partial charge < -0.3 is 5.32 Å². The van der Waals surface area contributed by atoms with Gasteiger partial charge in [-0.15, -0.1) is 0 Å². The third-order valence-corrected chi connectivity index (χ3v) is 11.9. The smallest absolute Gasteiger partial charge is 0.226 e. The van der Waals surface area contributed by atoms with E-state index in [0.29, 0.717) is 22.3 Å². The van der Waals surface area contributed by atoms with E-state index in [2.05, 4.69) is 26.1 Å². The SMILES string of the molecule is CC1(C)[C@H]2CC[C@]1(C)[C@H](NC(=O)C13CCC(c4ccc(S(C)(=O)=O)cc4)(CC1)CC3)C2. The second-order valence-electron chi connectivity index (χ2n) is 12.0. The predicted molar refractivity (Wildman–Crippen MR) is 123 cm³/mol. The second-order valence-corrected chi connectivity index (χ2v) is 14.0. The van der Waals surface area contributed by atoms with Gasteiger partial charge in [0.25, 0.3) is 0 Å². The molecular weight excluding hydrogens is 406 g/mol. The maximum Gasteiger partial charge on any atom is 0.226 e. The highest BCUT2D eigenvalue weighted by Crippen LogP contribution is 2.66. The zero-order chi connectivity index (χ0) is 22.3. The minimum absolute atomic E-state index is 0.110. The molecular formula is C26H37NO3S. The number of amides is 1. The Morgan fingerprint density at radius 2 is 1.52 bits per heavy atom. The molecule has 4 bridgehead atoms. The van der Waals surface area contributed by atoms with Crippen LogP contribution >= 0.6 is 0 Å². The topological polar surface area (TPSA) is 63.2 Å². The van der Waals surface area contributed by atoms with Gasteiger partial charge in [-0.2, -0.15) is 0 Å². The monoisotopic (exact) mass is 443 g/mol. The number of nitrogens with one attached hydrogen (secondary N) is 1. The van der Waals surface area contributed by atoms with Crippen molar-refractivity contribution >= 4 is 15.7 Å². The van der Waals surface area contributed by atoms with Gasteiger partial charge in [-0.1, -0.05) is 32.9 Å². The summed E-state index contributed by atoms with van der Waals surface area (Å²) >= 11 is 0. The molecule has 6 rings (SSSR count). The van der Waals surface area contributed by atoms with E-state index in [4.69, 9.17) is 0 Å². The number of rotatable bonds is 4. The average Bonchev–Trinajstić information content (AvgIpc) is 3.08. The maximum atomic E-state index is 13.6. The number of benzene rings is 1. The van der Waals surface area contributed by atoms with Gasteiger partial charge in [0.1, 0.15) is 0 Å². The van der Waals surface area contributed by atoms with Crippen molar-refractivity contribution in [2.24, 2.45) is 22.2 Å². The lowest BCUT2D eigenvalue weighted by Crippen LogP contribution is -2.56. The van der Waals surface area contributed by atoms with Crippen LogP contribution in [0.5, 0.6) is 0 Å². The zero-order valence-corrected chi connectivity index (χ0v) is 20.3. The molecule has 4 nitrogen and oxygen atoms in total. The van der Waals surface area contributed by atoms with Gasteiger partial charge in [-0.05, 0) is 97.6 Å². The minimum Gasteiger partial charge on any atom is -0.352 e. The van der Waals surface area contributed by atoms with E-state index >= 15 is 0 Å². The normalized spacial score (nSPS) is 40.8. The molecule has 0 aromatic heterocycles. The van der Waals surface area contributed by atoms with Gasteiger partial charge in [0.2, 0.25) is 5.91 Å². The summed E-state index contributed by atoms with van der Waals surface area (Å²) < 4.78 is 23.6. The molecule has 0 spiro atoms. The molecule has 5 heteroatoms. The molecule has 170 valence electrons. The number of fused-ring (bicyclic) bond motifs is 5. The lowest BCUT2D eigenvalue weighted by atomic mass is 9.51. The molecule has 5 aliphatic carbocycles. The summed E-state index contributed by atoms with van der Waals surface area (Å²) in [5.74, 6) is 1.04. The Labute approximate surface area is 187 Å². The van der Waals surface area contributed by atoms with Gasteiger partial charge in [0.05, 0.1) is 4.90 Å². The van der Waals surface area contributed by atoms with Crippen molar-refractivity contribution in [3.63, 3.8) is 0 Å². The van der Waals surface area contributed by atoms with Crippen molar-refractivity contribution < 1.29 is 13.2 Å².